The first kappa shape index (κ1) is 13.7. The van der Waals surface area contributed by atoms with Crippen molar-refractivity contribution < 1.29 is 34.3 Å². The molecule has 1 aromatic carbocycles. The van der Waals surface area contributed by atoms with Crippen molar-refractivity contribution in [2.45, 2.75) is 24.3 Å². The van der Waals surface area contributed by atoms with E-state index in [0.29, 0.717) is 5.56 Å². The van der Waals surface area contributed by atoms with Gasteiger partial charge in [-0.1, -0.05) is 12.1 Å². The highest BCUT2D eigenvalue weighted by molar-refractivity contribution is 5.97. The summed E-state index contributed by atoms with van der Waals surface area (Å²) >= 11 is 0. The second kappa shape index (κ2) is 4.53. The number of aliphatic hydroxyl groups is 2. The molecule has 0 unspecified atom stereocenters. The van der Waals surface area contributed by atoms with Gasteiger partial charge in [0.25, 0.3) is 0 Å². The summed E-state index contributed by atoms with van der Waals surface area (Å²) in [5.74, 6) is -3.26. The van der Waals surface area contributed by atoms with E-state index in [1.165, 1.54) is 12.1 Å². The highest BCUT2D eigenvalue weighted by atomic mass is 16.8. The second-order valence-corrected chi connectivity index (χ2v) is 5.63. The number of carbonyl (C=O) groups is 1. The average Bonchev–Trinajstić information content (AvgIpc) is 2.93. The summed E-state index contributed by atoms with van der Waals surface area (Å²) in [6.45, 7) is 0.0460. The summed E-state index contributed by atoms with van der Waals surface area (Å²) in [7, 11) is 0. The fraction of sp³-hybridized carbons (Fsp3) is 0.400. The number of hydrogen-bond donors (Lipinski definition) is 3. The van der Waals surface area contributed by atoms with E-state index >= 15 is 0 Å². The van der Waals surface area contributed by atoms with Crippen LogP contribution >= 0.6 is 0 Å². The monoisotopic (exact) mass is 306 g/mol. The van der Waals surface area contributed by atoms with E-state index in [4.69, 9.17) is 14.2 Å². The summed E-state index contributed by atoms with van der Waals surface area (Å²) in [5.41, 5.74) is 0.871. The summed E-state index contributed by atoms with van der Waals surface area (Å²) in [6, 6.07) is 6.23. The Labute approximate surface area is 125 Å². The Kier molecular flexibility index (Phi) is 2.82. The van der Waals surface area contributed by atoms with Gasteiger partial charge < -0.3 is 29.5 Å². The van der Waals surface area contributed by atoms with E-state index in [-0.39, 0.29) is 17.9 Å². The van der Waals surface area contributed by atoms with Crippen molar-refractivity contribution in [1.29, 1.82) is 0 Å². The minimum absolute atomic E-state index is 0.0460. The van der Waals surface area contributed by atoms with Crippen LogP contribution in [0.15, 0.2) is 29.8 Å². The zero-order chi connectivity index (χ0) is 15.5. The van der Waals surface area contributed by atoms with Crippen LogP contribution in [0.3, 0.4) is 0 Å². The van der Waals surface area contributed by atoms with E-state index in [1.54, 1.807) is 18.2 Å². The number of benzene rings is 1. The summed E-state index contributed by atoms with van der Waals surface area (Å²) in [6.07, 6.45) is -1.27. The fourth-order valence-corrected chi connectivity index (χ4v) is 3.24. The number of phenols is 1. The third kappa shape index (κ3) is 1.80. The van der Waals surface area contributed by atoms with Crippen molar-refractivity contribution >= 4 is 12.0 Å². The number of phenolic OH excluding ortho intramolecular Hbond substituents is 1. The molecule has 0 radical (unpaired) electrons. The predicted molar refractivity (Wildman–Crippen MR) is 71.2 cm³/mol. The first-order valence-electron chi connectivity index (χ1n) is 6.90. The maximum absolute atomic E-state index is 12.1. The first-order valence-corrected chi connectivity index (χ1v) is 6.90. The van der Waals surface area contributed by atoms with Gasteiger partial charge in [-0.2, -0.15) is 0 Å². The number of aliphatic hydroxyl groups excluding tert-OH is 1. The molecule has 3 N–H and O–H groups in total. The van der Waals surface area contributed by atoms with Gasteiger partial charge in [-0.05, 0) is 23.8 Å². The molecule has 0 amide bonds. The molecule has 116 valence electrons. The Hall–Kier alpha value is -1.93. The van der Waals surface area contributed by atoms with Crippen LogP contribution in [0, 0.1) is 5.92 Å². The molecule has 7 nitrogen and oxygen atoms in total. The molecule has 3 heterocycles. The molecule has 1 aromatic rings. The highest BCUT2D eigenvalue weighted by Gasteiger charge is 2.68. The molecule has 3 fully saturated rings. The van der Waals surface area contributed by atoms with Crippen LogP contribution in [-0.2, 0) is 19.0 Å². The van der Waals surface area contributed by atoms with Gasteiger partial charge in [0.2, 0.25) is 12.1 Å². The lowest BCUT2D eigenvalue weighted by Gasteiger charge is -2.35. The van der Waals surface area contributed by atoms with E-state index < -0.39 is 36.2 Å². The van der Waals surface area contributed by atoms with Crippen LogP contribution in [0.4, 0.5) is 0 Å². The van der Waals surface area contributed by atoms with Gasteiger partial charge in [0.15, 0.2) is 0 Å². The molecule has 3 aliphatic rings. The lowest BCUT2D eigenvalue weighted by Crippen LogP contribution is -2.52. The molecule has 0 aliphatic carbocycles. The van der Waals surface area contributed by atoms with Gasteiger partial charge >= 0.3 is 5.97 Å². The maximum atomic E-state index is 12.1. The van der Waals surface area contributed by atoms with E-state index in [0.717, 1.165) is 0 Å². The fourth-order valence-electron chi connectivity index (χ4n) is 3.24. The van der Waals surface area contributed by atoms with Crippen LogP contribution in [0.25, 0.3) is 6.08 Å². The number of esters is 1. The number of fused-ring (bicyclic) bond motifs is 5. The number of hydrogen-bond acceptors (Lipinski definition) is 7. The van der Waals surface area contributed by atoms with Gasteiger partial charge in [0, 0.05) is 0 Å². The zero-order valence-electron chi connectivity index (χ0n) is 11.4. The molecule has 4 rings (SSSR count). The SMILES string of the molecule is O=C1O[C@@H]2[C@@H]3CO[C@H](O)[C@@](O)(O3)[C@@H]2/C1=C/c1ccc(O)cc1. The Morgan fingerprint density at radius 2 is 2.00 bits per heavy atom. The zero-order valence-corrected chi connectivity index (χ0v) is 11.4. The minimum atomic E-state index is -2.00. The Balaban J connectivity index is 1.76. The smallest absolute Gasteiger partial charge is 0.335 e. The number of aromatic hydroxyl groups is 1. The van der Waals surface area contributed by atoms with E-state index in [9.17, 15) is 20.1 Å². The van der Waals surface area contributed by atoms with Crippen LogP contribution in [0.1, 0.15) is 5.56 Å². The summed E-state index contributed by atoms with van der Waals surface area (Å²) < 4.78 is 15.8. The largest absolute Gasteiger partial charge is 0.508 e. The Morgan fingerprint density at radius 1 is 1.27 bits per heavy atom. The van der Waals surface area contributed by atoms with Gasteiger partial charge in [0.1, 0.15) is 18.0 Å². The molecule has 2 bridgehead atoms. The number of carbonyl (C=O) groups excluding carboxylic acids is 1. The molecule has 3 aliphatic heterocycles. The molecule has 3 saturated heterocycles. The standard InChI is InChI=1S/C15H14O7/c16-8-3-1-7(2-4-8)5-9-11-12(21-13(9)17)10-6-20-14(18)15(11,19)22-10/h1-5,10-12,14,16,18-19H,6H2/b9-5-/t10-,11+,12+,14-,15-/m0/s1. The quantitative estimate of drug-likeness (QED) is 0.485. The molecule has 7 heteroatoms. The number of rotatable bonds is 1. The van der Waals surface area contributed by atoms with Crippen molar-refractivity contribution in [2.24, 2.45) is 5.92 Å². The van der Waals surface area contributed by atoms with Crippen LogP contribution in [0.5, 0.6) is 5.75 Å². The highest BCUT2D eigenvalue weighted by Crippen LogP contribution is 2.50. The Morgan fingerprint density at radius 3 is 2.73 bits per heavy atom. The lowest BCUT2D eigenvalue weighted by molar-refractivity contribution is -0.361. The summed E-state index contributed by atoms with van der Waals surface area (Å²) in [5, 5.41) is 29.7. The van der Waals surface area contributed by atoms with Crippen LogP contribution in [0.2, 0.25) is 0 Å². The molecule has 0 saturated carbocycles. The predicted octanol–water partition coefficient (Wildman–Crippen LogP) is -0.247. The third-order valence-electron chi connectivity index (χ3n) is 4.28. The minimum Gasteiger partial charge on any atom is -0.508 e. The van der Waals surface area contributed by atoms with Crippen molar-refractivity contribution in [3.63, 3.8) is 0 Å². The maximum Gasteiger partial charge on any atom is 0.335 e. The topological polar surface area (TPSA) is 105 Å². The first-order chi connectivity index (χ1) is 10.5. The average molecular weight is 306 g/mol. The second-order valence-electron chi connectivity index (χ2n) is 5.63. The molecular weight excluding hydrogens is 292 g/mol. The molecule has 5 atom stereocenters. The van der Waals surface area contributed by atoms with E-state index in [1.807, 2.05) is 0 Å². The molecule has 22 heavy (non-hydrogen) atoms. The van der Waals surface area contributed by atoms with E-state index in [2.05, 4.69) is 0 Å². The van der Waals surface area contributed by atoms with Gasteiger partial charge in [-0.3, -0.25) is 0 Å². The lowest BCUT2D eigenvalue weighted by atomic mass is 9.87. The molecule has 0 aromatic heterocycles. The summed E-state index contributed by atoms with van der Waals surface area (Å²) in [4.78, 5) is 12.1. The van der Waals surface area contributed by atoms with Crippen molar-refractivity contribution in [1.82, 2.24) is 0 Å². The van der Waals surface area contributed by atoms with Crippen molar-refractivity contribution in [3.05, 3.63) is 35.4 Å². The van der Waals surface area contributed by atoms with Crippen molar-refractivity contribution in [2.75, 3.05) is 6.61 Å². The molecule has 0 spiro atoms. The van der Waals surface area contributed by atoms with Gasteiger partial charge in [0.05, 0.1) is 18.1 Å². The van der Waals surface area contributed by atoms with Crippen LogP contribution in [-0.4, -0.2) is 52.2 Å². The van der Waals surface area contributed by atoms with Gasteiger partial charge in [-0.25, -0.2) is 4.79 Å². The van der Waals surface area contributed by atoms with Crippen LogP contribution < -0.4 is 0 Å². The Bertz CT molecular complexity index is 652. The number of ether oxygens (including phenoxy) is 3. The molecular formula is C15H14O7. The van der Waals surface area contributed by atoms with Gasteiger partial charge in [-0.15, -0.1) is 0 Å². The van der Waals surface area contributed by atoms with Crippen molar-refractivity contribution in [3.8, 4) is 5.75 Å². The third-order valence-corrected chi connectivity index (χ3v) is 4.28. The normalized spacial score (nSPS) is 41.5.